The van der Waals surface area contributed by atoms with Gasteiger partial charge in [-0.15, -0.1) is 5.10 Å². The molecule has 0 saturated heterocycles. The first kappa shape index (κ1) is 18.3. The zero-order valence-corrected chi connectivity index (χ0v) is 16.7. The first-order valence-corrected chi connectivity index (χ1v) is 9.60. The smallest absolute Gasteiger partial charge is 0.168 e. The molecule has 28 heavy (non-hydrogen) atoms. The van der Waals surface area contributed by atoms with Crippen LogP contribution in [-0.2, 0) is 6.42 Å². The van der Waals surface area contributed by atoms with Crippen molar-refractivity contribution in [3.63, 3.8) is 0 Å². The van der Waals surface area contributed by atoms with Gasteiger partial charge in [-0.2, -0.15) is 0 Å². The fraction of sp³-hybridized carbons (Fsp3) is 0.304. The van der Waals surface area contributed by atoms with Gasteiger partial charge >= 0.3 is 0 Å². The summed E-state index contributed by atoms with van der Waals surface area (Å²) in [7, 11) is 1.65. The van der Waals surface area contributed by atoms with Gasteiger partial charge in [-0.3, -0.25) is 4.79 Å². The molecule has 0 fully saturated rings. The average Bonchev–Trinajstić information content (AvgIpc) is 3.02. The van der Waals surface area contributed by atoms with E-state index in [0.29, 0.717) is 23.7 Å². The summed E-state index contributed by atoms with van der Waals surface area (Å²) in [4.78, 5) is 12.9. The van der Waals surface area contributed by atoms with Crippen molar-refractivity contribution in [3.8, 4) is 11.4 Å². The van der Waals surface area contributed by atoms with E-state index >= 15 is 0 Å². The van der Waals surface area contributed by atoms with E-state index in [2.05, 4.69) is 38.2 Å². The van der Waals surface area contributed by atoms with Gasteiger partial charge < -0.3 is 10.1 Å². The zero-order valence-electron chi connectivity index (χ0n) is 16.7. The Hall–Kier alpha value is -3.08. The normalized spacial score (nSPS) is 16.0. The number of benzene rings is 2. The van der Waals surface area contributed by atoms with Gasteiger partial charge in [0.1, 0.15) is 5.75 Å². The van der Waals surface area contributed by atoms with Crippen LogP contribution in [0.2, 0.25) is 0 Å². The molecule has 1 N–H and O–H groups in total. The molecule has 5 nitrogen and oxygen atoms in total. The van der Waals surface area contributed by atoms with Crippen molar-refractivity contribution in [3.05, 3.63) is 64.8 Å². The molecule has 5 heteroatoms. The van der Waals surface area contributed by atoms with Gasteiger partial charge in [0.15, 0.2) is 11.6 Å². The van der Waals surface area contributed by atoms with Crippen molar-refractivity contribution in [2.24, 2.45) is 5.92 Å². The van der Waals surface area contributed by atoms with Gasteiger partial charge in [0, 0.05) is 12.1 Å². The summed E-state index contributed by atoms with van der Waals surface area (Å²) < 4.78 is 7.16. The summed E-state index contributed by atoms with van der Waals surface area (Å²) in [6.45, 7) is 6.25. The van der Waals surface area contributed by atoms with E-state index in [1.807, 2.05) is 35.0 Å². The van der Waals surface area contributed by atoms with Crippen LogP contribution in [0.5, 0.6) is 5.75 Å². The van der Waals surface area contributed by atoms with E-state index in [-0.39, 0.29) is 5.78 Å². The van der Waals surface area contributed by atoms with Gasteiger partial charge in [0.05, 0.1) is 24.1 Å². The van der Waals surface area contributed by atoms with Crippen LogP contribution in [-0.4, -0.2) is 22.7 Å². The molecule has 1 atom stereocenters. The van der Waals surface area contributed by atoms with E-state index in [9.17, 15) is 4.79 Å². The number of anilines is 2. The maximum atomic E-state index is 12.9. The Morgan fingerprint density at radius 2 is 1.86 bits per heavy atom. The molecule has 0 unspecified atom stereocenters. The minimum atomic E-state index is 0.153. The SMILES string of the molecule is COc1ccc(-n2nc(Nc3ccc(C)cc3C)c3c2C[C@H](C)CC3=O)cc1. The number of hydrogen-bond acceptors (Lipinski definition) is 4. The van der Waals surface area contributed by atoms with Crippen molar-refractivity contribution in [2.45, 2.75) is 33.6 Å². The lowest BCUT2D eigenvalue weighted by Gasteiger charge is -2.19. The van der Waals surface area contributed by atoms with Gasteiger partial charge in [-0.25, -0.2) is 4.68 Å². The van der Waals surface area contributed by atoms with E-state index < -0.39 is 0 Å². The molecular formula is C23H25N3O2. The largest absolute Gasteiger partial charge is 0.497 e. The molecule has 0 amide bonds. The highest BCUT2D eigenvalue weighted by atomic mass is 16.5. The molecule has 1 heterocycles. The third-order valence-corrected chi connectivity index (χ3v) is 5.29. The number of ketones is 1. The Morgan fingerprint density at radius 1 is 1.11 bits per heavy atom. The topological polar surface area (TPSA) is 56.1 Å². The van der Waals surface area contributed by atoms with Crippen LogP contribution >= 0.6 is 0 Å². The van der Waals surface area contributed by atoms with E-state index in [4.69, 9.17) is 9.84 Å². The number of nitrogens with one attached hydrogen (secondary N) is 1. The minimum absolute atomic E-state index is 0.153. The second-order valence-corrected chi connectivity index (χ2v) is 7.66. The summed E-state index contributed by atoms with van der Waals surface area (Å²) in [5.41, 5.74) is 5.92. The molecule has 4 rings (SSSR count). The van der Waals surface area contributed by atoms with Crippen LogP contribution in [0.4, 0.5) is 11.5 Å². The van der Waals surface area contributed by atoms with Crippen molar-refractivity contribution in [2.75, 3.05) is 12.4 Å². The number of hydrogen-bond donors (Lipinski definition) is 1. The summed E-state index contributed by atoms with van der Waals surface area (Å²) in [5, 5.41) is 8.21. The fourth-order valence-electron chi connectivity index (χ4n) is 3.86. The Kier molecular flexibility index (Phi) is 4.67. The fourth-order valence-corrected chi connectivity index (χ4v) is 3.86. The molecule has 2 aromatic carbocycles. The van der Waals surface area contributed by atoms with Crippen molar-refractivity contribution in [1.82, 2.24) is 9.78 Å². The number of carbonyl (C=O) groups excluding carboxylic acids is 1. The molecule has 1 aliphatic carbocycles. The standard InChI is InChI=1S/C23H25N3O2/c1-14-5-10-19(16(3)11-14)24-23-22-20(12-15(2)13-21(22)27)26(25-23)17-6-8-18(28-4)9-7-17/h5-11,15H,12-13H2,1-4H3,(H,24,25)/t15-/m0/s1. The predicted octanol–water partition coefficient (Wildman–Crippen LogP) is 5.01. The third-order valence-electron chi connectivity index (χ3n) is 5.29. The van der Waals surface area contributed by atoms with Crippen LogP contribution in [0.25, 0.3) is 5.69 Å². The summed E-state index contributed by atoms with van der Waals surface area (Å²) in [6, 6.07) is 14.0. The lowest BCUT2D eigenvalue weighted by molar-refractivity contribution is 0.0953. The van der Waals surface area contributed by atoms with Crippen LogP contribution in [0.15, 0.2) is 42.5 Å². The lowest BCUT2D eigenvalue weighted by atomic mass is 9.87. The quantitative estimate of drug-likeness (QED) is 0.697. The van der Waals surface area contributed by atoms with E-state index in [1.54, 1.807) is 7.11 Å². The lowest BCUT2D eigenvalue weighted by Crippen LogP contribution is -2.19. The maximum absolute atomic E-state index is 12.9. The number of aromatic nitrogens is 2. The summed E-state index contributed by atoms with van der Waals surface area (Å²) in [5.74, 6) is 1.89. The van der Waals surface area contributed by atoms with Crippen LogP contribution in [0.1, 0.15) is 40.5 Å². The second-order valence-electron chi connectivity index (χ2n) is 7.66. The molecular weight excluding hydrogens is 350 g/mol. The van der Waals surface area contributed by atoms with Crippen molar-refractivity contribution < 1.29 is 9.53 Å². The van der Waals surface area contributed by atoms with Gasteiger partial charge in [0.2, 0.25) is 0 Å². The van der Waals surface area contributed by atoms with Crippen LogP contribution in [0.3, 0.4) is 0 Å². The molecule has 0 saturated carbocycles. The van der Waals surface area contributed by atoms with Gasteiger partial charge in [0.25, 0.3) is 0 Å². The Balaban J connectivity index is 1.81. The molecule has 0 radical (unpaired) electrons. The predicted molar refractivity (Wildman–Crippen MR) is 111 cm³/mol. The molecule has 0 spiro atoms. The minimum Gasteiger partial charge on any atom is -0.497 e. The number of nitrogens with zero attached hydrogens (tertiary/aromatic N) is 2. The van der Waals surface area contributed by atoms with Gasteiger partial charge in [-0.05, 0) is 62.1 Å². The van der Waals surface area contributed by atoms with Crippen molar-refractivity contribution >= 4 is 17.3 Å². The Morgan fingerprint density at radius 3 is 2.54 bits per heavy atom. The average molecular weight is 375 g/mol. The highest BCUT2D eigenvalue weighted by molar-refractivity contribution is 6.03. The summed E-state index contributed by atoms with van der Waals surface area (Å²) in [6.07, 6.45) is 1.39. The van der Waals surface area contributed by atoms with E-state index in [1.165, 1.54) is 5.56 Å². The molecule has 0 bridgehead atoms. The molecule has 0 aliphatic heterocycles. The summed E-state index contributed by atoms with van der Waals surface area (Å²) >= 11 is 0. The van der Waals surface area contributed by atoms with Crippen LogP contribution in [0, 0.1) is 19.8 Å². The first-order chi connectivity index (χ1) is 13.5. The third kappa shape index (κ3) is 3.28. The number of rotatable bonds is 4. The van der Waals surface area contributed by atoms with E-state index in [0.717, 1.165) is 34.8 Å². The van der Waals surface area contributed by atoms with Gasteiger partial charge in [-0.1, -0.05) is 24.6 Å². The molecule has 3 aromatic rings. The zero-order chi connectivity index (χ0) is 19.8. The van der Waals surface area contributed by atoms with Crippen molar-refractivity contribution in [1.29, 1.82) is 0 Å². The Bertz CT molecular complexity index is 1030. The maximum Gasteiger partial charge on any atom is 0.168 e. The molecule has 144 valence electrons. The Labute approximate surface area is 165 Å². The number of ether oxygens (including phenoxy) is 1. The highest BCUT2D eigenvalue weighted by Gasteiger charge is 2.31. The van der Waals surface area contributed by atoms with Crippen LogP contribution < -0.4 is 10.1 Å². The number of methoxy groups -OCH3 is 1. The molecule has 1 aliphatic rings. The molecule has 1 aromatic heterocycles. The number of fused-ring (bicyclic) bond motifs is 1. The monoisotopic (exact) mass is 375 g/mol. The second kappa shape index (κ2) is 7.15. The number of aryl methyl sites for hydroxylation is 2. The first-order valence-electron chi connectivity index (χ1n) is 9.60. The number of Topliss-reactive ketones (excluding diaryl/α,β-unsaturated/α-hetero) is 1. The number of carbonyl (C=O) groups is 1. The highest BCUT2D eigenvalue weighted by Crippen LogP contribution is 2.34.